The lowest BCUT2D eigenvalue weighted by atomic mass is 9.99. The van der Waals surface area contributed by atoms with Crippen molar-refractivity contribution in [2.75, 3.05) is 18.5 Å². The minimum atomic E-state index is -0.441. The Morgan fingerprint density at radius 3 is 2.72 bits per heavy atom. The maximum Gasteiger partial charge on any atom is 0.244 e. The Balaban J connectivity index is 1.98. The molecule has 0 aliphatic carbocycles. The van der Waals surface area contributed by atoms with Crippen LogP contribution in [0, 0.1) is 0 Å². The van der Waals surface area contributed by atoms with Crippen molar-refractivity contribution in [3.05, 3.63) is 29.8 Å². The first-order chi connectivity index (χ1) is 8.64. The Morgan fingerprint density at radius 1 is 1.44 bits per heavy atom. The molecule has 1 aromatic carbocycles. The molecule has 1 saturated heterocycles. The van der Waals surface area contributed by atoms with Crippen LogP contribution >= 0.6 is 0 Å². The van der Waals surface area contributed by atoms with Crippen LogP contribution in [0.1, 0.15) is 25.3 Å². The van der Waals surface area contributed by atoms with Crippen LogP contribution in [-0.4, -0.2) is 29.7 Å². The Kier molecular flexibility index (Phi) is 3.99. The number of amides is 1. The third kappa shape index (κ3) is 2.89. The van der Waals surface area contributed by atoms with Crippen molar-refractivity contribution in [2.45, 2.75) is 31.7 Å². The summed E-state index contributed by atoms with van der Waals surface area (Å²) < 4.78 is 0. The first-order valence-corrected chi connectivity index (χ1v) is 6.40. The summed E-state index contributed by atoms with van der Waals surface area (Å²) in [6.07, 6.45) is 2.56. The molecule has 4 heteroatoms. The molecule has 0 bridgehead atoms. The van der Waals surface area contributed by atoms with E-state index >= 15 is 0 Å². The summed E-state index contributed by atoms with van der Waals surface area (Å²) in [5, 5.41) is 15.0. The van der Waals surface area contributed by atoms with Gasteiger partial charge in [-0.2, -0.15) is 0 Å². The molecule has 1 aliphatic heterocycles. The van der Waals surface area contributed by atoms with E-state index in [0.717, 1.165) is 30.6 Å². The highest BCUT2D eigenvalue weighted by Crippen LogP contribution is 2.21. The van der Waals surface area contributed by atoms with E-state index in [1.807, 2.05) is 31.2 Å². The van der Waals surface area contributed by atoms with Gasteiger partial charge < -0.3 is 15.7 Å². The normalized spacial score (nSPS) is 23.0. The zero-order valence-electron chi connectivity index (χ0n) is 10.7. The smallest absolute Gasteiger partial charge is 0.244 e. The molecule has 1 heterocycles. The fourth-order valence-corrected chi connectivity index (χ4v) is 2.24. The largest absolute Gasteiger partial charge is 0.396 e. The van der Waals surface area contributed by atoms with E-state index < -0.39 is 5.54 Å². The highest BCUT2D eigenvalue weighted by atomic mass is 16.2. The molecular weight excluding hydrogens is 228 g/mol. The molecule has 1 aliphatic rings. The molecule has 1 amide bonds. The van der Waals surface area contributed by atoms with Gasteiger partial charge in [0.15, 0.2) is 0 Å². The fourth-order valence-electron chi connectivity index (χ4n) is 2.24. The quantitative estimate of drug-likeness (QED) is 0.752. The molecular formula is C14H20N2O2. The maximum absolute atomic E-state index is 12.1. The van der Waals surface area contributed by atoms with E-state index in [9.17, 15) is 4.79 Å². The predicted molar refractivity (Wildman–Crippen MR) is 71.5 cm³/mol. The molecule has 4 nitrogen and oxygen atoms in total. The number of aliphatic hydroxyl groups excluding tert-OH is 1. The van der Waals surface area contributed by atoms with Crippen LogP contribution in [0.15, 0.2) is 24.3 Å². The Morgan fingerprint density at radius 2 is 2.17 bits per heavy atom. The van der Waals surface area contributed by atoms with Gasteiger partial charge in [-0.05, 0) is 50.4 Å². The van der Waals surface area contributed by atoms with E-state index in [1.165, 1.54) is 0 Å². The van der Waals surface area contributed by atoms with Crippen LogP contribution in [0.5, 0.6) is 0 Å². The standard InChI is InChI=1S/C14H20N2O2/c1-14(8-2-9-15-14)13(18)16-12-5-3-11(4-6-12)7-10-17/h3-6,15,17H,2,7-10H2,1H3,(H,16,18). The molecule has 18 heavy (non-hydrogen) atoms. The summed E-state index contributed by atoms with van der Waals surface area (Å²) in [7, 11) is 0. The van der Waals surface area contributed by atoms with Gasteiger partial charge in [0.2, 0.25) is 5.91 Å². The Bertz CT molecular complexity index is 408. The van der Waals surface area contributed by atoms with Gasteiger partial charge >= 0.3 is 0 Å². The number of hydrogen-bond acceptors (Lipinski definition) is 3. The fraction of sp³-hybridized carbons (Fsp3) is 0.500. The molecule has 0 spiro atoms. The van der Waals surface area contributed by atoms with E-state index in [4.69, 9.17) is 5.11 Å². The van der Waals surface area contributed by atoms with Crippen molar-refractivity contribution >= 4 is 11.6 Å². The number of aliphatic hydroxyl groups is 1. The minimum Gasteiger partial charge on any atom is -0.396 e. The molecule has 1 fully saturated rings. The molecule has 0 aromatic heterocycles. The summed E-state index contributed by atoms with van der Waals surface area (Å²) >= 11 is 0. The minimum absolute atomic E-state index is 0.0231. The number of carbonyl (C=O) groups excluding carboxylic acids is 1. The second-order valence-electron chi connectivity index (χ2n) is 4.99. The van der Waals surface area contributed by atoms with E-state index in [-0.39, 0.29) is 12.5 Å². The topological polar surface area (TPSA) is 61.4 Å². The van der Waals surface area contributed by atoms with Crippen LogP contribution in [0.25, 0.3) is 0 Å². The summed E-state index contributed by atoms with van der Waals surface area (Å²) in [5.41, 5.74) is 1.43. The van der Waals surface area contributed by atoms with Crippen molar-refractivity contribution < 1.29 is 9.90 Å². The third-order valence-electron chi connectivity index (χ3n) is 3.48. The molecule has 3 N–H and O–H groups in total. The Labute approximate surface area is 107 Å². The average Bonchev–Trinajstić information content (AvgIpc) is 2.80. The predicted octanol–water partition coefficient (Wildman–Crippen LogP) is 1.30. The lowest BCUT2D eigenvalue weighted by molar-refractivity contribution is -0.121. The van der Waals surface area contributed by atoms with Crippen LogP contribution in [0.3, 0.4) is 0 Å². The second kappa shape index (κ2) is 5.50. The zero-order valence-corrected chi connectivity index (χ0v) is 10.7. The Hall–Kier alpha value is -1.39. The molecule has 1 atom stereocenters. The van der Waals surface area contributed by atoms with Crippen molar-refractivity contribution in [1.29, 1.82) is 0 Å². The van der Waals surface area contributed by atoms with Crippen LogP contribution < -0.4 is 10.6 Å². The van der Waals surface area contributed by atoms with E-state index in [1.54, 1.807) is 0 Å². The molecule has 1 aromatic rings. The summed E-state index contributed by atoms with van der Waals surface area (Å²) in [6.45, 7) is 2.99. The highest BCUT2D eigenvalue weighted by Gasteiger charge is 2.35. The van der Waals surface area contributed by atoms with Crippen molar-refractivity contribution in [3.63, 3.8) is 0 Å². The molecule has 98 valence electrons. The third-order valence-corrected chi connectivity index (χ3v) is 3.48. The van der Waals surface area contributed by atoms with Crippen molar-refractivity contribution in [1.82, 2.24) is 5.32 Å². The molecule has 0 radical (unpaired) electrons. The van der Waals surface area contributed by atoms with Crippen molar-refractivity contribution in [2.24, 2.45) is 0 Å². The number of hydrogen-bond donors (Lipinski definition) is 3. The summed E-state index contributed by atoms with van der Waals surface area (Å²) in [4.78, 5) is 12.1. The highest BCUT2D eigenvalue weighted by molar-refractivity contribution is 5.98. The number of nitrogens with one attached hydrogen (secondary N) is 2. The number of anilines is 1. The SMILES string of the molecule is CC1(C(=O)Nc2ccc(CCO)cc2)CCCN1. The van der Waals surface area contributed by atoms with Gasteiger partial charge in [0, 0.05) is 12.3 Å². The van der Waals surface area contributed by atoms with Crippen LogP contribution in [0.2, 0.25) is 0 Å². The van der Waals surface area contributed by atoms with Gasteiger partial charge in [0.1, 0.15) is 0 Å². The zero-order chi connectivity index (χ0) is 13.0. The molecule has 1 unspecified atom stereocenters. The van der Waals surface area contributed by atoms with Gasteiger partial charge in [0.05, 0.1) is 5.54 Å². The van der Waals surface area contributed by atoms with Crippen LogP contribution in [-0.2, 0) is 11.2 Å². The number of carbonyl (C=O) groups is 1. The average molecular weight is 248 g/mol. The maximum atomic E-state index is 12.1. The second-order valence-corrected chi connectivity index (χ2v) is 4.99. The van der Waals surface area contributed by atoms with Gasteiger partial charge in [-0.25, -0.2) is 0 Å². The van der Waals surface area contributed by atoms with E-state index in [2.05, 4.69) is 10.6 Å². The molecule has 0 saturated carbocycles. The lowest BCUT2D eigenvalue weighted by Gasteiger charge is -2.23. The first kappa shape index (κ1) is 13.1. The van der Waals surface area contributed by atoms with Crippen molar-refractivity contribution in [3.8, 4) is 0 Å². The van der Waals surface area contributed by atoms with Gasteiger partial charge in [0.25, 0.3) is 0 Å². The lowest BCUT2D eigenvalue weighted by Crippen LogP contribution is -2.47. The molecule has 2 rings (SSSR count). The number of benzene rings is 1. The van der Waals surface area contributed by atoms with Crippen LogP contribution in [0.4, 0.5) is 5.69 Å². The van der Waals surface area contributed by atoms with Gasteiger partial charge in [-0.3, -0.25) is 4.79 Å². The van der Waals surface area contributed by atoms with E-state index in [0.29, 0.717) is 6.42 Å². The first-order valence-electron chi connectivity index (χ1n) is 6.40. The number of rotatable bonds is 4. The van der Waals surface area contributed by atoms with Gasteiger partial charge in [-0.1, -0.05) is 12.1 Å². The monoisotopic (exact) mass is 248 g/mol. The summed E-state index contributed by atoms with van der Waals surface area (Å²) in [6, 6.07) is 7.61. The summed E-state index contributed by atoms with van der Waals surface area (Å²) in [5.74, 6) is 0.0231. The van der Waals surface area contributed by atoms with Gasteiger partial charge in [-0.15, -0.1) is 0 Å².